The third-order valence-electron chi connectivity index (χ3n) is 4.48. The molecule has 0 saturated carbocycles. The average Bonchev–Trinajstić information content (AvgIpc) is 3.13. The van der Waals surface area contributed by atoms with Crippen LogP contribution in [-0.4, -0.2) is 48.4 Å². The lowest BCUT2D eigenvalue weighted by Crippen LogP contribution is -2.44. The summed E-state index contributed by atoms with van der Waals surface area (Å²) in [5, 5.41) is 8.02. The van der Waals surface area contributed by atoms with Crippen molar-refractivity contribution in [3.63, 3.8) is 0 Å². The fourth-order valence-corrected chi connectivity index (χ4v) is 4.69. The van der Waals surface area contributed by atoms with Crippen molar-refractivity contribution < 1.29 is 17.6 Å². The third kappa shape index (κ3) is 4.31. The summed E-state index contributed by atoms with van der Waals surface area (Å²) in [6, 6.07) is 9.67. The second-order valence-electron chi connectivity index (χ2n) is 6.94. The summed E-state index contributed by atoms with van der Waals surface area (Å²) in [5.41, 5.74) is 1.01. The van der Waals surface area contributed by atoms with E-state index in [4.69, 9.17) is 9.15 Å². The van der Waals surface area contributed by atoms with Crippen LogP contribution in [0.5, 0.6) is 0 Å². The summed E-state index contributed by atoms with van der Waals surface area (Å²) >= 11 is 0. The predicted octanol–water partition coefficient (Wildman–Crippen LogP) is 2.70. The number of aromatic nitrogens is 2. The van der Waals surface area contributed by atoms with Crippen LogP contribution >= 0.6 is 0 Å². The summed E-state index contributed by atoms with van der Waals surface area (Å²) < 4.78 is 38.5. The van der Waals surface area contributed by atoms with Gasteiger partial charge in [0.1, 0.15) is 6.10 Å². The molecular formula is C18H25N3O4S. The minimum Gasteiger partial charge on any atom is -0.422 e. The Balaban J connectivity index is 1.69. The number of rotatable bonds is 6. The molecule has 0 unspecified atom stereocenters. The molecule has 1 aliphatic heterocycles. The number of hydrogen-bond acceptors (Lipinski definition) is 6. The van der Waals surface area contributed by atoms with Crippen molar-refractivity contribution >= 4 is 10.0 Å². The van der Waals surface area contributed by atoms with Gasteiger partial charge in [-0.3, -0.25) is 0 Å². The molecule has 1 aromatic carbocycles. The van der Waals surface area contributed by atoms with Gasteiger partial charge in [0.15, 0.2) is 0 Å². The molecule has 1 fully saturated rings. The van der Waals surface area contributed by atoms with Gasteiger partial charge >= 0.3 is 0 Å². The third-order valence-corrected chi connectivity index (χ3v) is 6.52. The largest absolute Gasteiger partial charge is 0.422 e. The van der Waals surface area contributed by atoms with Gasteiger partial charge in [-0.15, -0.1) is 10.2 Å². The van der Waals surface area contributed by atoms with Gasteiger partial charge in [-0.05, 0) is 11.5 Å². The molecule has 3 rings (SSSR count). The van der Waals surface area contributed by atoms with Crippen molar-refractivity contribution in [2.75, 3.05) is 25.4 Å². The van der Waals surface area contributed by atoms with E-state index >= 15 is 0 Å². The number of morpholine rings is 1. The van der Waals surface area contributed by atoms with Gasteiger partial charge in [-0.2, -0.15) is 4.31 Å². The van der Waals surface area contributed by atoms with Gasteiger partial charge < -0.3 is 9.15 Å². The molecule has 1 aromatic heterocycles. The highest BCUT2D eigenvalue weighted by Crippen LogP contribution is 2.26. The summed E-state index contributed by atoms with van der Waals surface area (Å²) in [6.45, 7) is 6.69. The van der Waals surface area contributed by atoms with E-state index in [0.29, 0.717) is 24.9 Å². The maximum atomic E-state index is 12.9. The fourth-order valence-electron chi connectivity index (χ4n) is 2.94. The first kappa shape index (κ1) is 19.0. The summed E-state index contributed by atoms with van der Waals surface area (Å²) in [6.07, 6.45) is -0.523. The molecule has 0 radical (unpaired) electrons. The molecule has 8 heteroatoms. The van der Waals surface area contributed by atoms with E-state index in [0.717, 1.165) is 5.56 Å². The maximum absolute atomic E-state index is 12.9. The first-order valence-electron chi connectivity index (χ1n) is 8.84. The van der Waals surface area contributed by atoms with E-state index in [-0.39, 0.29) is 24.1 Å². The standard InChI is InChI=1S/C18H25N3O4S/c1-13(2)17-19-20-18(25-17)16-11-21(9-10-24-16)26(22,23)12-14(3)15-7-5-4-6-8-15/h4-8,13-14,16H,9-12H2,1-3H3/t14-,16-/m0/s1. The molecule has 0 amide bonds. The maximum Gasteiger partial charge on any atom is 0.246 e. The second kappa shape index (κ2) is 7.85. The molecule has 2 heterocycles. The Bertz CT molecular complexity index is 820. The van der Waals surface area contributed by atoms with Gasteiger partial charge in [0.05, 0.1) is 12.4 Å². The molecule has 26 heavy (non-hydrogen) atoms. The van der Waals surface area contributed by atoms with Crippen molar-refractivity contribution in [3.05, 3.63) is 47.7 Å². The van der Waals surface area contributed by atoms with Crippen LogP contribution in [0, 0.1) is 0 Å². The highest BCUT2D eigenvalue weighted by Gasteiger charge is 2.34. The SMILES string of the molecule is CC(C)c1nnc([C@@H]2CN(S(=O)(=O)C[C@H](C)c3ccccc3)CCO2)o1. The molecule has 7 nitrogen and oxygen atoms in total. The monoisotopic (exact) mass is 379 g/mol. The van der Waals surface area contributed by atoms with E-state index < -0.39 is 16.1 Å². The molecule has 1 saturated heterocycles. The van der Waals surface area contributed by atoms with Crippen LogP contribution < -0.4 is 0 Å². The van der Waals surface area contributed by atoms with Crippen molar-refractivity contribution in [3.8, 4) is 0 Å². The van der Waals surface area contributed by atoms with E-state index in [2.05, 4.69) is 10.2 Å². The Labute approximate surface area is 154 Å². The Kier molecular flexibility index (Phi) is 5.74. The predicted molar refractivity (Wildman–Crippen MR) is 97.3 cm³/mol. The lowest BCUT2D eigenvalue weighted by molar-refractivity contribution is -0.0179. The van der Waals surface area contributed by atoms with E-state index in [1.54, 1.807) is 0 Å². The lowest BCUT2D eigenvalue weighted by atomic mass is 10.0. The van der Waals surface area contributed by atoms with Crippen molar-refractivity contribution in [1.82, 2.24) is 14.5 Å². The second-order valence-corrected chi connectivity index (χ2v) is 8.95. The number of hydrogen-bond donors (Lipinski definition) is 0. The van der Waals surface area contributed by atoms with Crippen molar-refractivity contribution in [2.45, 2.75) is 38.7 Å². The molecular weight excluding hydrogens is 354 g/mol. The zero-order valence-electron chi connectivity index (χ0n) is 15.3. The van der Waals surface area contributed by atoms with Gasteiger partial charge in [-0.1, -0.05) is 51.1 Å². The Morgan fingerprint density at radius 1 is 1.19 bits per heavy atom. The van der Waals surface area contributed by atoms with Crippen molar-refractivity contribution in [2.24, 2.45) is 0 Å². The fraction of sp³-hybridized carbons (Fsp3) is 0.556. The van der Waals surface area contributed by atoms with Gasteiger partial charge in [0, 0.05) is 19.0 Å². The average molecular weight is 379 g/mol. The zero-order valence-corrected chi connectivity index (χ0v) is 16.1. The van der Waals surface area contributed by atoms with Crippen LogP contribution in [0.2, 0.25) is 0 Å². The molecule has 0 N–H and O–H groups in total. The van der Waals surface area contributed by atoms with Crippen LogP contribution in [-0.2, 0) is 14.8 Å². The topological polar surface area (TPSA) is 85.5 Å². The summed E-state index contributed by atoms with van der Waals surface area (Å²) in [7, 11) is -3.42. The Morgan fingerprint density at radius 2 is 1.92 bits per heavy atom. The Morgan fingerprint density at radius 3 is 2.58 bits per heavy atom. The highest BCUT2D eigenvalue weighted by molar-refractivity contribution is 7.89. The first-order valence-corrected chi connectivity index (χ1v) is 10.5. The zero-order chi connectivity index (χ0) is 18.7. The van der Waals surface area contributed by atoms with Crippen LogP contribution in [0.25, 0.3) is 0 Å². The van der Waals surface area contributed by atoms with Gasteiger partial charge in [0.2, 0.25) is 21.8 Å². The molecule has 1 aliphatic rings. The number of ether oxygens (including phenoxy) is 1. The minimum atomic E-state index is -3.42. The summed E-state index contributed by atoms with van der Waals surface area (Å²) in [4.78, 5) is 0. The number of sulfonamides is 1. The quantitative estimate of drug-likeness (QED) is 0.767. The smallest absolute Gasteiger partial charge is 0.246 e. The summed E-state index contributed by atoms with van der Waals surface area (Å²) in [5.74, 6) is 0.959. The number of nitrogens with zero attached hydrogens (tertiary/aromatic N) is 3. The van der Waals surface area contributed by atoms with Crippen LogP contribution in [0.15, 0.2) is 34.7 Å². The van der Waals surface area contributed by atoms with E-state index in [1.165, 1.54) is 4.31 Å². The van der Waals surface area contributed by atoms with Gasteiger partial charge in [-0.25, -0.2) is 8.42 Å². The van der Waals surface area contributed by atoms with Crippen LogP contribution in [0.3, 0.4) is 0 Å². The van der Waals surface area contributed by atoms with Crippen LogP contribution in [0.1, 0.15) is 56.1 Å². The highest BCUT2D eigenvalue weighted by atomic mass is 32.2. The van der Waals surface area contributed by atoms with Crippen molar-refractivity contribution in [1.29, 1.82) is 0 Å². The minimum absolute atomic E-state index is 0.0603. The molecule has 2 aromatic rings. The van der Waals surface area contributed by atoms with Crippen LogP contribution in [0.4, 0.5) is 0 Å². The van der Waals surface area contributed by atoms with Gasteiger partial charge in [0.25, 0.3) is 0 Å². The Hall–Kier alpha value is -1.77. The molecule has 142 valence electrons. The molecule has 0 aliphatic carbocycles. The first-order chi connectivity index (χ1) is 12.4. The van der Waals surface area contributed by atoms with E-state index in [9.17, 15) is 8.42 Å². The molecule has 0 bridgehead atoms. The normalized spacial score (nSPS) is 20.4. The number of benzene rings is 1. The molecule has 0 spiro atoms. The lowest BCUT2D eigenvalue weighted by Gasteiger charge is -2.31. The molecule has 2 atom stereocenters. The van der Waals surface area contributed by atoms with E-state index in [1.807, 2.05) is 51.1 Å².